The second kappa shape index (κ2) is 7.30. The van der Waals surface area contributed by atoms with Crippen LogP contribution in [-0.2, 0) is 10.2 Å². The van der Waals surface area contributed by atoms with Gasteiger partial charge in [0, 0.05) is 24.7 Å². The molecule has 2 rings (SSSR count). The molecule has 0 aliphatic carbocycles. The van der Waals surface area contributed by atoms with Gasteiger partial charge in [-0.3, -0.25) is 4.79 Å². The topological polar surface area (TPSA) is 32.3 Å². The molecule has 1 heterocycles. The number of amides is 1. The lowest BCUT2D eigenvalue weighted by Gasteiger charge is -2.31. The van der Waals surface area contributed by atoms with E-state index >= 15 is 0 Å². The molecule has 112 valence electrons. The Morgan fingerprint density at radius 1 is 1.30 bits per heavy atom. The van der Waals surface area contributed by atoms with E-state index < -0.39 is 5.41 Å². The molecule has 5 heteroatoms. The molecule has 20 heavy (non-hydrogen) atoms. The second-order valence-corrected chi connectivity index (χ2v) is 5.97. The van der Waals surface area contributed by atoms with Gasteiger partial charge in [-0.05, 0) is 44.5 Å². The van der Waals surface area contributed by atoms with Gasteiger partial charge in [-0.25, -0.2) is 0 Å². The van der Waals surface area contributed by atoms with Crippen LogP contribution in [0.4, 0.5) is 0 Å². The summed E-state index contributed by atoms with van der Waals surface area (Å²) in [5, 5.41) is 3.99. The smallest absolute Gasteiger partial charge is 0.232 e. The molecule has 0 radical (unpaired) electrons. The maximum atomic E-state index is 12.7. The molecule has 1 amide bonds. The minimum absolute atomic E-state index is 0. The van der Waals surface area contributed by atoms with Gasteiger partial charge in [-0.15, -0.1) is 12.4 Å². The molecule has 0 aromatic heterocycles. The summed E-state index contributed by atoms with van der Waals surface area (Å²) in [6.07, 6.45) is 1.01. The highest BCUT2D eigenvalue weighted by Gasteiger charge is 2.33. The van der Waals surface area contributed by atoms with Gasteiger partial charge in [0.05, 0.1) is 5.41 Å². The summed E-state index contributed by atoms with van der Waals surface area (Å²) in [4.78, 5) is 14.7. The van der Waals surface area contributed by atoms with Gasteiger partial charge in [0.2, 0.25) is 5.91 Å². The Morgan fingerprint density at radius 3 is 2.75 bits per heavy atom. The molecule has 0 atom stereocenters. The third-order valence-corrected chi connectivity index (χ3v) is 3.94. The Morgan fingerprint density at radius 2 is 2.05 bits per heavy atom. The van der Waals surface area contributed by atoms with Gasteiger partial charge >= 0.3 is 0 Å². The standard InChI is InChI=1S/C15H21ClN2O.ClH/c1-15(2,12-5-3-6-13(16)11-12)14(19)18-9-4-7-17-8-10-18;/h3,5-6,11,17H,4,7-10H2,1-2H3;1H. The number of nitrogens with zero attached hydrogens (tertiary/aromatic N) is 1. The van der Waals surface area contributed by atoms with E-state index in [-0.39, 0.29) is 18.3 Å². The summed E-state index contributed by atoms with van der Waals surface area (Å²) in [6.45, 7) is 7.41. The fourth-order valence-electron chi connectivity index (χ4n) is 2.44. The Kier molecular flexibility index (Phi) is 6.31. The van der Waals surface area contributed by atoms with E-state index in [0.717, 1.165) is 38.2 Å². The van der Waals surface area contributed by atoms with Crippen LogP contribution < -0.4 is 5.32 Å². The van der Waals surface area contributed by atoms with Crippen LogP contribution >= 0.6 is 24.0 Å². The third kappa shape index (κ3) is 3.87. The zero-order valence-electron chi connectivity index (χ0n) is 12.0. The third-order valence-electron chi connectivity index (χ3n) is 3.71. The SMILES string of the molecule is CC(C)(C(=O)N1CCCNCC1)c1cccc(Cl)c1.Cl. The molecule has 0 spiro atoms. The fraction of sp³-hybridized carbons (Fsp3) is 0.533. The first kappa shape index (κ1) is 17.3. The molecule has 1 saturated heterocycles. The van der Waals surface area contributed by atoms with Crippen molar-refractivity contribution >= 4 is 29.9 Å². The van der Waals surface area contributed by atoms with E-state index in [0.29, 0.717) is 5.02 Å². The largest absolute Gasteiger partial charge is 0.341 e. The predicted octanol–water partition coefficient (Wildman–Crippen LogP) is 2.86. The highest BCUT2D eigenvalue weighted by molar-refractivity contribution is 6.30. The molecule has 1 fully saturated rings. The first-order valence-corrected chi connectivity index (χ1v) is 7.16. The molecular formula is C15H22Cl2N2O. The minimum Gasteiger partial charge on any atom is -0.341 e. The highest BCUT2D eigenvalue weighted by Crippen LogP contribution is 2.28. The van der Waals surface area contributed by atoms with Crippen molar-refractivity contribution in [1.82, 2.24) is 10.2 Å². The van der Waals surface area contributed by atoms with Crippen molar-refractivity contribution in [3.05, 3.63) is 34.9 Å². The van der Waals surface area contributed by atoms with Crippen molar-refractivity contribution < 1.29 is 4.79 Å². The van der Waals surface area contributed by atoms with E-state index in [2.05, 4.69) is 5.32 Å². The average molecular weight is 317 g/mol. The number of rotatable bonds is 2. The van der Waals surface area contributed by atoms with E-state index in [1.165, 1.54) is 0 Å². The Labute approximate surface area is 132 Å². The van der Waals surface area contributed by atoms with E-state index in [1.54, 1.807) is 0 Å². The summed E-state index contributed by atoms with van der Waals surface area (Å²) in [7, 11) is 0. The average Bonchev–Trinajstić information content (AvgIpc) is 2.66. The molecular weight excluding hydrogens is 295 g/mol. The zero-order chi connectivity index (χ0) is 13.9. The lowest BCUT2D eigenvalue weighted by atomic mass is 9.83. The maximum Gasteiger partial charge on any atom is 0.232 e. The van der Waals surface area contributed by atoms with Crippen molar-refractivity contribution in [2.24, 2.45) is 0 Å². The molecule has 0 bridgehead atoms. The number of carbonyl (C=O) groups excluding carboxylic acids is 1. The number of halogens is 2. The Hall–Kier alpha value is -0.770. The summed E-state index contributed by atoms with van der Waals surface area (Å²) >= 11 is 6.03. The number of hydrogen-bond donors (Lipinski definition) is 1. The number of carbonyl (C=O) groups is 1. The van der Waals surface area contributed by atoms with Gasteiger partial charge in [0.15, 0.2) is 0 Å². The highest BCUT2D eigenvalue weighted by atomic mass is 35.5. The molecule has 0 unspecified atom stereocenters. The van der Waals surface area contributed by atoms with Crippen LogP contribution in [0.5, 0.6) is 0 Å². The maximum absolute atomic E-state index is 12.7. The molecule has 1 aliphatic heterocycles. The van der Waals surface area contributed by atoms with Crippen LogP contribution in [0.3, 0.4) is 0 Å². The van der Waals surface area contributed by atoms with Crippen molar-refractivity contribution in [3.8, 4) is 0 Å². The van der Waals surface area contributed by atoms with Crippen LogP contribution in [-0.4, -0.2) is 37.0 Å². The van der Waals surface area contributed by atoms with Gasteiger partial charge in [0.25, 0.3) is 0 Å². The van der Waals surface area contributed by atoms with E-state index in [4.69, 9.17) is 11.6 Å². The van der Waals surface area contributed by atoms with Crippen molar-refractivity contribution in [1.29, 1.82) is 0 Å². The summed E-state index contributed by atoms with van der Waals surface area (Å²) in [6, 6.07) is 7.59. The summed E-state index contributed by atoms with van der Waals surface area (Å²) in [5.74, 6) is 0.179. The lowest BCUT2D eigenvalue weighted by Crippen LogP contribution is -2.44. The Bertz CT molecular complexity index is 455. The van der Waals surface area contributed by atoms with Crippen molar-refractivity contribution in [2.45, 2.75) is 25.7 Å². The molecule has 3 nitrogen and oxygen atoms in total. The Balaban J connectivity index is 0.00000200. The molecule has 1 aromatic carbocycles. The second-order valence-electron chi connectivity index (χ2n) is 5.53. The minimum atomic E-state index is -0.532. The van der Waals surface area contributed by atoms with Gasteiger partial charge in [-0.1, -0.05) is 23.7 Å². The quantitative estimate of drug-likeness (QED) is 0.910. The number of benzene rings is 1. The first-order valence-electron chi connectivity index (χ1n) is 6.78. The van der Waals surface area contributed by atoms with Crippen molar-refractivity contribution in [3.63, 3.8) is 0 Å². The van der Waals surface area contributed by atoms with Gasteiger partial charge in [0.1, 0.15) is 0 Å². The fourth-order valence-corrected chi connectivity index (χ4v) is 2.64. The number of nitrogens with one attached hydrogen (secondary N) is 1. The van der Waals surface area contributed by atoms with Crippen LogP contribution in [0.1, 0.15) is 25.8 Å². The molecule has 1 aliphatic rings. The van der Waals surface area contributed by atoms with Gasteiger partial charge < -0.3 is 10.2 Å². The van der Waals surface area contributed by atoms with Crippen LogP contribution in [0.2, 0.25) is 5.02 Å². The normalized spacial score (nSPS) is 16.2. The molecule has 1 aromatic rings. The number of hydrogen-bond acceptors (Lipinski definition) is 2. The summed E-state index contributed by atoms with van der Waals surface area (Å²) < 4.78 is 0. The lowest BCUT2D eigenvalue weighted by molar-refractivity contribution is -0.136. The predicted molar refractivity (Wildman–Crippen MR) is 85.8 cm³/mol. The van der Waals surface area contributed by atoms with Crippen LogP contribution in [0.25, 0.3) is 0 Å². The van der Waals surface area contributed by atoms with E-state index in [9.17, 15) is 4.79 Å². The molecule has 0 saturated carbocycles. The monoisotopic (exact) mass is 316 g/mol. The summed E-state index contributed by atoms with van der Waals surface area (Å²) in [5.41, 5.74) is 0.442. The van der Waals surface area contributed by atoms with E-state index in [1.807, 2.05) is 43.0 Å². The van der Waals surface area contributed by atoms with Crippen LogP contribution in [0.15, 0.2) is 24.3 Å². The first-order chi connectivity index (χ1) is 9.01. The van der Waals surface area contributed by atoms with Crippen molar-refractivity contribution in [2.75, 3.05) is 26.2 Å². The van der Waals surface area contributed by atoms with Gasteiger partial charge in [-0.2, -0.15) is 0 Å². The zero-order valence-corrected chi connectivity index (χ0v) is 13.6. The van der Waals surface area contributed by atoms with Crippen LogP contribution in [0, 0.1) is 0 Å². The molecule has 1 N–H and O–H groups in total.